The van der Waals surface area contributed by atoms with E-state index in [-0.39, 0.29) is 24.2 Å². The van der Waals surface area contributed by atoms with Gasteiger partial charge in [0.25, 0.3) is 5.91 Å². The highest BCUT2D eigenvalue weighted by Gasteiger charge is 2.44. The van der Waals surface area contributed by atoms with Crippen LogP contribution in [0.1, 0.15) is 37.6 Å². The number of imide groups is 1. The van der Waals surface area contributed by atoms with Crippen molar-refractivity contribution in [3.05, 3.63) is 59.1 Å². The van der Waals surface area contributed by atoms with Gasteiger partial charge in [0.05, 0.1) is 6.54 Å². The summed E-state index contributed by atoms with van der Waals surface area (Å²) in [5.74, 6) is -0.664. The smallest absolute Gasteiger partial charge is 0.326 e. The van der Waals surface area contributed by atoms with Crippen LogP contribution in [0, 0.1) is 5.92 Å². The van der Waals surface area contributed by atoms with Crippen molar-refractivity contribution >= 4 is 46.6 Å². The van der Waals surface area contributed by atoms with Crippen molar-refractivity contribution in [1.82, 2.24) is 4.90 Å². The summed E-state index contributed by atoms with van der Waals surface area (Å²) in [5, 5.41) is 3.29. The molecule has 1 N–H and O–H groups in total. The van der Waals surface area contributed by atoms with Gasteiger partial charge in [0.1, 0.15) is 6.04 Å². The standard InChI is InChI=1S/C23H24ClN3O4/c1-14(2)12-21(29)25-18-8-4-16(5-9-18)20(28)13-26-22(30)15(3)27(23(26)31)19-10-6-17(24)7-11-19/h4-11,14-15H,12-13H2,1-3H3,(H,25,29)/t15-/m1/s1. The lowest BCUT2D eigenvalue weighted by atomic mass is 10.1. The van der Waals surface area contributed by atoms with Crippen molar-refractivity contribution in [2.75, 3.05) is 16.8 Å². The molecule has 0 aromatic heterocycles. The van der Waals surface area contributed by atoms with Gasteiger partial charge in [0.2, 0.25) is 5.91 Å². The average molecular weight is 442 g/mol. The van der Waals surface area contributed by atoms with E-state index < -0.39 is 18.0 Å². The Morgan fingerprint density at radius 3 is 2.23 bits per heavy atom. The molecule has 0 aliphatic carbocycles. The molecule has 162 valence electrons. The number of urea groups is 1. The third kappa shape index (κ3) is 5.11. The van der Waals surface area contributed by atoms with Crippen molar-refractivity contribution in [3.8, 4) is 0 Å². The second-order valence-corrected chi connectivity index (χ2v) is 8.31. The number of carbonyl (C=O) groups excluding carboxylic acids is 4. The Morgan fingerprint density at radius 2 is 1.65 bits per heavy atom. The number of hydrogen-bond donors (Lipinski definition) is 1. The zero-order valence-electron chi connectivity index (χ0n) is 17.6. The van der Waals surface area contributed by atoms with Gasteiger partial charge in [-0.3, -0.25) is 24.2 Å². The van der Waals surface area contributed by atoms with E-state index in [9.17, 15) is 19.2 Å². The molecule has 2 aromatic carbocycles. The summed E-state index contributed by atoms with van der Waals surface area (Å²) in [4.78, 5) is 52.3. The molecule has 1 atom stereocenters. The number of anilines is 2. The Kier molecular flexibility index (Phi) is 6.75. The number of ketones is 1. The molecular formula is C23H24ClN3O4. The fraction of sp³-hybridized carbons (Fsp3) is 0.304. The fourth-order valence-corrected chi connectivity index (χ4v) is 3.49. The quantitative estimate of drug-likeness (QED) is 0.510. The molecule has 31 heavy (non-hydrogen) atoms. The average Bonchev–Trinajstić information content (AvgIpc) is 2.92. The van der Waals surface area contributed by atoms with Crippen LogP contribution in [-0.4, -0.2) is 41.1 Å². The second kappa shape index (κ2) is 9.31. The van der Waals surface area contributed by atoms with Crippen LogP contribution < -0.4 is 10.2 Å². The molecular weight excluding hydrogens is 418 g/mol. The topological polar surface area (TPSA) is 86.8 Å². The first kappa shape index (κ1) is 22.5. The Balaban J connectivity index is 1.68. The Labute approximate surface area is 186 Å². The van der Waals surface area contributed by atoms with E-state index in [1.165, 1.54) is 4.90 Å². The molecule has 0 spiro atoms. The number of nitrogens with zero attached hydrogens (tertiary/aromatic N) is 2. The number of Topliss-reactive ketones (excluding diaryl/α,β-unsaturated/α-hetero) is 1. The van der Waals surface area contributed by atoms with Gasteiger partial charge in [-0.2, -0.15) is 0 Å². The number of halogens is 1. The first-order chi connectivity index (χ1) is 14.7. The maximum atomic E-state index is 12.8. The van der Waals surface area contributed by atoms with Gasteiger partial charge in [-0.25, -0.2) is 4.79 Å². The Morgan fingerprint density at radius 1 is 1.03 bits per heavy atom. The monoisotopic (exact) mass is 441 g/mol. The minimum absolute atomic E-state index is 0.0985. The normalized spacial score (nSPS) is 16.2. The molecule has 8 heteroatoms. The van der Waals surface area contributed by atoms with Crippen molar-refractivity contribution in [1.29, 1.82) is 0 Å². The van der Waals surface area contributed by atoms with E-state index in [1.807, 2.05) is 13.8 Å². The number of carbonyl (C=O) groups is 4. The van der Waals surface area contributed by atoms with Crippen LogP contribution in [0.25, 0.3) is 0 Å². The fourth-order valence-electron chi connectivity index (χ4n) is 3.36. The minimum Gasteiger partial charge on any atom is -0.326 e. The van der Waals surface area contributed by atoms with Crippen molar-refractivity contribution in [2.24, 2.45) is 5.92 Å². The summed E-state index contributed by atoms with van der Waals surface area (Å²) in [6.07, 6.45) is 0.405. The predicted octanol–water partition coefficient (Wildman–Crippen LogP) is 4.36. The molecule has 3 rings (SSSR count). The number of nitrogens with one attached hydrogen (secondary N) is 1. The van der Waals surface area contributed by atoms with Crippen LogP contribution in [0.2, 0.25) is 5.02 Å². The summed E-state index contributed by atoms with van der Waals surface area (Å²) in [5.41, 5.74) is 1.46. The van der Waals surface area contributed by atoms with E-state index in [4.69, 9.17) is 11.6 Å². The summed E-state index contributed by atoms with van der Waals surface area (Å²) >= 11 is 5.90. The summed E-state index contributed by atoms with van der Waals surface area (Å²) < 4.78 is 0. The third-order valence-electron chi connectivity index (χ3n) is 4.94. The minimum atomic E-state index is -0.722. The van der Waals surface area contributed by atoms with Gasteiger partial charge < -0.3 is 5.32 Å². The highest BCUT2D eigenvalue weighted by Crippen LogP contribution is 2.27. The van der Waals surface area contributed by atoms with Crippen molar-refractivity contribution in [3.63, 3.8) is 0 Å². The lowest BCUT2D eigenvalue weighted by Crippen LogP contribution is -2.37. The summed E-state index contributed by atoms with van der Waals surface area (Å²) in [6, 6.07) is 11.7. The number of amides is 4. The van der Waals surface area contributed by atoms with Crippen molar-refractivity contribution < 1.29 is 19.2 Å². The van der Waals surface area contributed by atoms with E-state index >= 15 is 0 Å². The molecule has 0 bridgehead atoms. The van der Waals surface area contributed by atoms with Gasteiger partial charge in [0, 0.05) is 28.4 Å². The van der Waals surface area contributed by atoms with Crippen LogP contribution in [0.3, 0.4) is 0 Å². The zero-order valence-corrected chi connectivity index (χ0v) is 18.3. The molecule has 4 amide bonds. The van der Waals surface area contributed by atoms with Crippen LogP contribution in [0.4, 0.5) is 16.2 Å². The van der Waals surface area contributed by atoms with Crippen LogP contribution in [0.15, 0.2) is 48.5 Å². The lowest BCUT2D eigenvalue weighted by molar-refractivity contribution is -0.126. The molecule has 1 heterocycles. The second-order valence-electron chi connectivity index (χ2n) is 7.88. The Bertz CT molecular complexity index is 1000. The van der Waals surface area contributed by atoms with E-state index in [0.717, 1.165) is 4.90 Å². The molecule has 1 aliphatic heterocycles. The maximum Gasteiger partial charge on any atom is 0.332 e. The first-order valence-electron chi connectivity index (χ1n) is 10.0. The van der Waals surface area contributed by atoms with Crippen LogP contribution in [-0.2, 0) is 9.59 Å². The largest absolute Gasteiger partial charge is 0.332 e. The number of benzene rings is 2. The van der Waals surface area contributed by atoms with Crippen LogP contribution >= 0.6 is 11.6 Å². The van der Waals surface area contributed by atoms with Crippen molar-refractivity contribution in [2.45, 2.75) is 33.2 Å². The Hall–Kier alpha value is -3.19. The third-order valence-corrected chi connectivity index (χ3v) is 5.19. The SMILES string of the molecule is CC(C)CC(=O)Nc1ccc(C(=O)CN2C(=O)[C@@H](C)N(c3ccc(Cl)cc3)C2=O)cc1. The molecule has 0 saturated carbocycles. The lowest BCUT2D eigenvalue weighted by Gasteiger charge is -2.19. The first-order valence-corrected chi connectivity index (χ1v) is 10.4. The summed E-state index contributed by atoms with van der Waals surface area (Å²) in [6.45, 7) is 5.17. The number of hydrogen-bond acceptors (Lipinski definition) is 4. The van der Waals surface area contributed by atoms with E-state index in [1.54, 1.807) is 55.5 Å². The van der Waals surface area contributed by atoms with E-state index in [0.29, 0.717) is 28.4 Å². The predicted molar refractivity (Wildman–Crippen MR) is 119 cm³/mol. The zero-order chi connectivity index (χ0) is 22.7. The highest BCUT2D eigenvalue weighted by atomic mass is 35.5. The van der Waals surface area contributed by atoms with Gasteiger partial charge >= 0.3 is 6.03 Å². The van der Waals surface area contributed by atoms with Gasteiger partial charge in [-0.05, 0) is 61.4 Å². The number of rotatable bonds is 7. The molecule has 0 unspecified atom stereocenters. The van der Waals surface area contributed by atoms with Gasteiger partial charge in [-0.1, -0.05) is 25.4 Å². The van der Waals surface area contributed by atoms with E-state index in [2.05, 4.69) is 5.32 Å². The molecule has 1 aliphatic rings. The summed E-state index contributed by atoms with van der Waals surface area (Å²) in [7, 11) is 0. The highest BCUT2D eigenvalue weighted by molar-refractivity contribution is 6.30. The van der Waals surface area contributed by atoms with Crippen LogP contribution in [0.5, 0.6) is 0 Å². The molecule has 1 fully saturated rings. The molecule has 1 saturated heterocycles. The molecule has 2 aromatic rings. The van der Waals surface area contributed by atoms with Gasteiger partial charge in [-0.15, -0.1) is 0 Å². The maximum absolute atomic E-state index is 12.8. The molecule has 7 nitrogen and oxygen atoms in total. The molecule has 0 radical (unpaired) electrons. The van der Waals surface area contributed by atoms with Gasteiger partial charge in [0.15, 0.2) is 5.78 Å².